The van der Waals surface area contributed by atoms with Gasteiger partial charge in [-0.1, -0.05) is 60.2 Å². The molecule has 26 heavy (non-hydrogen) atoms. The number of aryl methyl sites for hydroxylation is 1. The molecule has 1 fully saturated rings. The molecule has 1 aliphatic carbocycles. The zero-order valence-electron chi connectivity index (χ0n) is 15.8. The fourth-order valence-electron chi connectivity index (χ4n) is 4.24. The summed E-state index contributed by atoms with van der Waals surface area (Å²) in [5.41, 5.74) is 3.62. The van der Waals surface area contributed by atoms with Crippen molar-refractivity contribution in [2.24, 2.45) is 11.8 Å². The molecule has 0 radical (unpaired) electrons. The quantitative estimate of drug-likeness (QED) is 0.665. The number of hydrogen-bond acceptors (Lipinski definition) is 2. The van der Waals surface area contributed by atoms with Gasteiger partial charge in [-0.2, -0.15) is 0 Å². The Hall–Kier alpha value is -2.22. The molecule has 2 heteroatoms. The lowest BCUT2D eigenvalue weighted by Gasteiger charge is -2.29. The number of Topliss-reactive ketones (excluding diaryl/α,β-unsaturated/α-hetero) is 2. The highest BCUT2D eigenvalue weighted by Crippen LogP contribution is 2.37. The van der Waals surface area contributed by atoms with Gasteiger partial charge in [0.25, 0.3) is 0 Å². The van der Waals surface area contributed by atoms with Crippen molar-refractivity contribution in [3.05, 3.63) is 71.3 Å². The molecule has 0 spiro atoms. The standard InChI is InChI=1S/C24H28O2/c1-17-7-6-8-19(15-17)16-23(18(2)25)24(26)22-13-11-21(12-14-22)20-9-4-3-5-10-20/h3-10,15,21-23H,11-14,16H2,1-2H3/t21-,22-,23?. The van der Waals surface area contributed by atoms with Gasteiger partial charge in [0.05, 0.1) is 5.92 Å². The van der Waals surface area contributed by atoms with Gasteiger partial charge in [-0.25, -0.2) is 0 Å². The van der Waals surface area contributed by atoms with Crippen LogP contribution < -0.4 is 0 Å². The first-order valence-electron chi connectivity index (χ1n) is 9.69. The Bertz CT molecular complexity index is 755. The van der Waals surface area contributed by atoms with E-state index in [1.54, 1.807) is 6.92 Å². The van der Waals surface area contributed by atoms with Crippen LogP contribution in [0, 0.1) is 18.8 Å². The van der Waals surface area contributed by atoms with Crippen molar-refractivity contribution in [2.45, 2.75) is 51.9 Å². The maximum atomic E-state index is 13.1. The zero-order chi connectivity index (χ0) is 18.5. The lowest BCUT2D eigenvalue weighted by atomic mass is 9.73. The molecule has 1 aliphatic rings. The van der Waals surface area contributed by atoms with Crippen molar-refractivity contribution in [3.8, 4) is 0 Å². The second-order valence-electron chi connectivity index (χ2n) is 7.72. The van der Waals surface area contributed by atoms with E-state index in [1.807, 2.05) is 31.2 Å². The Morgan fingerprint density at radius 3 is 2.27 bits per heavy atom. The summed E-state index contributed by atoms with van der Waals surface area (Å²) in [6, 6.07) is 18.7. The topological polar surface area (TPSA) is 34.1 Å². The average Bonchev–Trinajstić information content (AvgIpc) is 2.66. The van der Waals surface area contributed by atoms with Gasteiger partial charge in [0.1, 0.15) is 11.6 Å². The van der Waals surface area contributed by atoms with Crippen LogP contribution in [0.15, 0.2) is 54.6 Å². The predicted molar refractivity (Wildman–Crippen MR) is 105 cm³/mol. The minimum Gasteiger partial charge on any atom is -0.299 e. The molecule has 2 aromatic carbocycles. The van der Waals surface area contributed by atoms with Crippen LogP contribution in [-0.4, -0.2) is 11.6 Å². The van der Waals surface area contributed by atoms with Crippen LogP contribution in [0.5, 0.6) is 0 Å². The number of hydrogen-bond donors (Lipinski definition) is 0. The first-order valence-corrected chi connectivity index (χ1v) is 9.69. The molecule has 0 N–H and O–H groups in total. The Morgan fingerprint density at radius 2 is 1.65 bits per heavy atom. The van der Waals surface area contributed by atoms with Gasteiger partial charge in [-0.3, -0.25) is 9.59 Å². The maximum absolute atomic E-state index is 13.1. The molecule has 1 saturated carbocycles. The Balaban J connectivity index is 1.64. The van der Waals surface area contributed by atoms with Crippen LogP contribution in [0.1, 0.15) is 55.2 Å². The highest BCUT2D eigenvalue weighted by molar-refractivity contribution is 6.02. The predicted octanol–water partition coefficient (Wildman–Crippen LogP) is 5.29. The summed E-state index contributed by atoms with van der Waals surface area (Å²) in [5, 5.41) is 0. The van der Waals surface area contributed by atoms with Crippen LogP contribution >= 0.6 is 0 Å². The third-order valence-corrected chi connectivity index (χ3v) is 5.76. The molecule has 0 bridgehead atoms. The van der Waals surface area contributed by atoms with Crippen molar-refractivity contribution < 1.29 is 9.59 Å². The van der Waals surface area contributed by atoms with E-state index in [1.165, 1.54) is 11.1 Å². The van der Waals surface area contributed by atoms with Crippen LogP contribution in [-0.2, 0) is 16.0 Å². The van der Waals surface area contributed by atoms with Gasteiger partial charge in [-0.15, -0.1) is 0 Å². The van der Waals surface area contributed by atoms with Crippen LogP contribution in [0.2, 0.25) is 0 Å². The number of carbonyl (C=O) groups is 2. The van der Waals surface area contributed by atoms with Crippen molar-refractivity contribution >= 4 is 11.6 Å². The molecular weight excluding hydrogens is 320 g/mol. The Kier molecular flexibility index (Phi) is 6.03. The first-order chi connectivity index (χ1) is 12.5. The van der Waals surface area contributed by atoms with E-state index in [-0.39, 0.29) is 17.5 Å². The summed E-state index contributed by atoms with van der Waals surface area (Å²) in [6.07, 6.45) is 4.41. The highest BCUT2D eigenvalue weighted by Gasteiger charge is 2.33. The normalized spacial score (nSPS) is 21.2. The molecule has 136 valence electrons. The summed E-state index contributed by atoms with van der Waals surface area (Å²) >= 11 is 0. The lowest BCUT2D eigenvalue weighted by molar-refractivity contribution is -0.134. The van der Waals surface area contributed by atoms with Crippen LogP contribution in [0.25, 0.3) is 0 Å². The second-order valence-corrected chi connectivity index (χ2v) is 7.72. The van der Waals surface area contributed by atoms with Crippen molar-refractivity contribution in [1.29, 1.82) is 0 Å². The number of benzene rings is 2. The third-order valence-electron chi connectivity index (χ3n) is 5.76. The van der Waals surface area contributed by atoms with Gasteiger partial charge < -0.3 is 0 Å². The largest absolute Gasteiger partial charge is 0.299 e. The third kappa shape index (κ3) is 4.49. The van der Waals surface area contributed by atoms with E-state index in [2.05, 4.69) is 30.3 Å². The molecule has 0 aliphatic heterocycles. The second kappa shape index (κ2) is 8.44. The zero-order valence-corrected chi connectivity index (χ0v) is 15.8. The van der Waals surface area contributed by atoms with Crippen molar-refractivity contribution in [2.75, 3.05) is 0 Å². The van der Waals surface area contributed by atoms with E-state index in [4.69, 9.17) is 0 Å². The highest BCUT2D eigenvalue weighted by atomic mass is 16.1. The average molecular weight is 348 g/mol. The fourth-order valence-corrected chi connectivity index (χ4v) is 4.24. The summed E-state index contributed by atoms with van der Waals surface area (Å²) in [5.74, 6) is 0.253. The molecule has 0 aromatic heterocycles. The minimum atomic E-state index is -0.491. The van der Waals surface area contributed by atoms with Crippen molar-refractivity contribution in [1.82, 2.24) is 0 Å². The van der Waals surface area contributed by atoms with Gasteiger partial charge in [0.15, 0.2) is 0 Å². The summed E-state index contributed by atoms with van der Waals surface area (Å²) in [4.78, 5) is 25.2. The maximum Gasteiger partial charge on any atom is 0.146 e. The summed E-state index contributed by atoms with van der Waals surface area (Å²) in [6.45, 7) is 3.60. The number of carbonyl (C=O) groups excluding carboxylic acids is 2. The molecule has 3 rings (SSSR count). The SMILES string of the molecule is CC(=O)C(Cc1cccc(C)c1)C(=O)[C@H]1CC[C@H](c2ccccc2)CC1. The van der Waals surface area contributed by atoms with E-state index < -0.39 is 5.92 Å². The van der Waals surface area contributed by atoms with Gasteiger partial charge in [0.2, 0.25) is 0 Å². The molecule has 0 saturated heterocycles. The molecule has 1 unspecified atom stereocenters. The smallest absolute Gasteiger partial charge is 0.146 e. The van der Waals surface area contributed by atoms with Crippen LogP contribution in [0.3, 0.4) is 0 Å². The van der Waals surface area contributed by atoms with E-state index in [0.29, 0.717) is 12.3 Å². The summed E-state index contributed by atoms with van der Waals surface area (Å²) < 4.78 is 0. The van der Waals surface area contributed by atoms with E-state index in [9.17, 15) is 9.59 Å². The van der Waals surface area contributed by atoms with Gasteiger partial charge in [-0.05, 0) is 63.0 Å². The molecule has 1 atom stereocenters. The molecule has 0 amide bonds. The van der Waals surface area contributed by atoms with Gasteiger partial charge in [0, 0.05) is 5.92 Å². The molecule has 2 aromatic rings. The van der Waals surface area contributed by atoms with E-state index >= 15 is 0 Å². The number of rotatable bonds is 6. The van der Waals surface area contributed by atoms with Crippen LogP contribution in [0.4, 0.5) is 0 Å². The molecule has 2 nitrogen and oxygen atoms in total. The minimum absolute atomic E-state index is 0.00156. The lowest BCUT2D eigenvalue weighted by Crippen LogP contribution is -2.32. The van der Waals surface area contributed by atoms with Crippen molar-refractivity contribution in [3.63, 3.8) is 0 Å². The molecular formula is C24H28O2. The van der Waals surface area contributed by atoms with Gasteiger partial charge >= 0.3 is 0 Å². The Morgan fingerprint density at radius 1 is 0.962 bits per heavy atom. The van der Waals surface area contributed by atoms with E-state index in [0.717, 1.165) is 31.2 Å². The first kappa shape index (κ1) is 18.6. The molecule has 0 heterocycles. The Labute approximate surface area is 156 Å². The summed E-state index contributed by atoms with van der Waals surface area (Å²) in [7, 11) is 0. The fraction of sp³-hybridized carbons (Fsp3) is 0.417. The monoisotopic (exact) mass is 348 g/mol. The number of ketones is 2.